The standard InChI is InChI=1S/C7H14N2O3/c1-9(6(10)11)4-7(12)2-5(8)3-7/h5,12H,2-4,8H2,1H3,(H,10,11). The first-order chi connectivity index (χ1) is 5.43. The smallest absolute Gasteiger partial charge is 0.407 e. The van der Waals surface area contributed by atoms with Crippen LogP contribution in [0.25, 0.3) is 0 Å². The number of likely N-dealkylation sites (N-methyl/N-ethyl adjacent to an activating group) is 1. The predicted octanol–water partition coefficient (Wildman–Crippen LogP) is -0.552. The van der Waals surface area contributed by atoms with Gasteiger partial charge in [-0.05, 0) is 12.8 Å². The van der Waals surface area contributed by atoms with Crippen LogP contribution in [0.5, 0.6) is 0 Å². The summed E-state index contributed by atoms with van der Waals surface area (Å²) >= 11 is 0. The van der Waals surface area contributed by atoms with Crippen molar-refractivity contribution in [3.05, 3.63) is 0 Å². The molecular weight excluding hydrogens is 160 g/mol. The quantitative estimate of drug-likeness (QED) is 0.524. The monoisotopic (exact) mass is 174 g/mol. The summed E-state index contributed by atoms with van der Waals surface area (Å²) in [6.07, 6.45) is -0.0428. The van der Waals surface area contributed by atoms with Crippen molar-refractivity contribution in [1.82, 2.24) is 4.90 Å². The van der Waals surface area contributed by atoms with Crippen molar-refractivity contribution in [2.24, 2.45) is 5.73 Å². The molecule has 1 saturated carbocycles. The van der Waals surface area contributed by atoms with E-state index < -0.39 is 11.7 Å². The topological polar surface area (TPSA) is 86.8 Å². The lowest BCUT2D eigenvalue weighted by Gasteiger charge is -2.43. The van der Waals surface area contributed by atoms with E-state index in [1.54, 1.807) is 0 Å². The zero-order valence-electron chi connectivity index (χ0n) is 7.03. The number of rotatable bonds is 2. The number of hydrogen-bond acceptors (Lipinski definition) is 3. The third-order valence-electron chi connectivity index (χ3n) is 2.14. The molecule has 5 heteroatoms. The number of carbonyl (C=O) groups is 1. The number of nitrogens with zero attached hydrogens (tertiary/aromatic N) is 1. The molecule has 1 aliphatic carbocycles. The average Bonchev–Trinajstić information content (AvgIpc) is 1.83. The number of amides is 1. The summed E-state index contributed by atoms with van der Waals surface area (Å²) < 4.78 is 0. The Balaban J connectivity index is 2.36. The maximum Gasteiger partial charge on any atom is 0.407 e. The SMILES string of the molecule is CN(CC1(O)CC(N)C1)C(=O)O. The van der Waals surface area contributed by atoms with Gasteiger partial charge in [-0.15, -0.1) is 0 Å². The van der Waals surface area contributed by atoms with E-state index in [-0.39, 0.29) is 12.6 Å². The van der Waals surface area contributed by atoms with E-state index in [1.807, 2.05) is 0 Å². The minimum atomic E-state index is -1.02. The molecule has 0 unspecified atom stereocenters. The molecule has 0 bridgehead atoms. The molecule has 0 saturated heterocycles. The van der Waals surface area contributed by atoms with Gasteiger partial charge in [0, 0.05) is 13.1 Å². The second-order valence-electron chi connectivity index (χ2n) is 3.53. The molecule has 0 atom stereocenters. The van der Waals surface area contributed by atoms with Crippen LogP contribution >= 0.6 is 0 Å². The van der Waals surface area contributed by atoms with Crippen LogP contribution in [0.1, 0.15) is 12.8 Å². The molecule has 0 heterocycles. The Morgan fingerprint density at radius 1 is 1.75 bits per heavy atom. The fraction of sp³-hybridized carbons (Fsp3) is 0.857. The van der Waals surface area contributed by atoms with Gasteiger partial charge in [-0.2, -0.15) is 0 Å². The molecule has 4 N–H and O–H groups in total. The van der Waals surface area contributed by atoms with E-state index in [9.17, 15) is 9.90 Å². The number of hydrogen-bond donors (Lipinski definition) is 3. The van der Waals surface area contributed by atoms with Gasteiger partial charge in [-0.3, -0.25) is 0 Å². The molecule has 5 nitrogen and oxygen atoms in total. The van der Waals surface area contributed by atoms with Gasteiger partial charge in [0.15, 0.2) is 0 Å². The van der Waals surface area contributed by atoms with Crippen molar-refractivity contribution in [1.29, 1.82) is 0 Å². The lowest BCUT2D eigenvalue weighted by Crippen LogP contribution is -2.57. The molecule has 0 aromatic heterocycles. The summed E-state index contributed by atoms with van der Waals surface area (Å²) in [7, 11) is 1.43. The summed E-state index contributed by atoms with van der Waals surface area (Å²) in [6.45, 7) is 0.149. The van der Waals surface area contributed by atoms with Crippen molar-refractivity contribution < 1.29 is 15.0 Å². The van der Waals surface area contributed by atoms with Crippen LogP contribution in [-0.4, -0.2) is 46.4 Å². The highest BCUT2D eigenvalue weighted by Gasteiger charge is 2.42. The van der Waals surface area contributed by atoms with E-state index in [0.29, 0.717) is 12.8 Å². The first-order valence-electron chi connectivity index (χ1n) is 3.85. The number of aliphatic hydroxyl groups is 1. The van der Waals surface area contributed by atoms with Gasteiger partial charge < -0.3 is 20.8 Å². The Hall–Kier alpha value is -0.810. The molecule has 1 amide bonds. The Morgan fingerprint density at radius 3 is 2.58 bits per heavy atom. The van der Waals surface area contributed by atoms with Crippen LogP contribution in [0.3, 0.4) is 0 Å². The van der Waals surface area contributed by atoms with E-state index in [0.717, 1.165) is 4.90 Å². The van der Waals surface area contributed by atoms with Crippen LogP contribution in [0, 0.1) is 0 Å². The van der Waals surface area contributed by atoms with Crippen LogP contribution in [0.2, 0.25) is 0 Å². The van der Waals surface area contributed by atoms with Crippen molar-refractivity contribution in [3.63, 3.8) is 0 Å². The molecule has 0 aromatic rings. The third-order valence-corrected chi connectivity index (χ3v) is 2.14. The van der Waals surface area contributed by atoms with Gasteiger partial charge in [-0.25, -0.2) is 4.79 Å². The summed E-state index contributed by atoms with van der Waals surface area (Å²) in [5, 5.41) is 18.1. The maximum atomic E-state index is 10.4. The first kappa shape index (κ1) is 9.28. The third kappa shape index (κ3) is 1.86. The van der Waals surface area contributed by atoms with Crippen LogP contribution in [-0.2, 0) is 0 Å². The molecule has 0 radical (unpaired) electrons. The first-order valence-corrected chi connectivity index (χ1v) is 3.85. The van der Waals surface area contributed by atoms with Crippen LogP contribution in [0.4, 0.5) is 4.79 Å². The minimum Gasteiger partial charge on any atom is -0.465 e. The normalized spacial score (nSPS) is 34.1. The van der Waals surface area contributed by atoms with E-state index in [4.69, 9.17) is 10.8 Å². The largest absolute Gasteiger partial charge is 0.465 e. The fourth-order valence-corrected chi connectivity index (χ4v) is 1.55. The van der Waals surface area contributed by atoms with Crippen LogP contribution in [0.15, 0.2) is 0 Å². The summed E-state index contributed by atoms with van der Waals surface area (Å²) in [5.74, 6) is 0. The van der Waals surface area contributed by atoms with E-state index in [1.165, 1.54) is 7.05 Å². The molecule has 1 rings (SSSR count). The Labute approximate surface area is 70.8 Å². The lowest BCUT2D eigenvalue weighted by atomic mass is 9.76. The molecule has 70 valence electrons. The van der Waals surface area contributed by atoms with Gasteiger partial charge in [0.2, 0.25) is 0 Å². The van der Waals surface area contributed by atoms with Gasteiger partial charge in [-0.1, -0.05) is 0 Å². The summed E-state index contributed by atoms with van der Waals surface area (Å²) in [5.41, 5.74) is 4.60. The lowest BCUT2D eigenvalue weighted by molar-refractivity contribution is -0.0622. The zero-order chi connectivity index (χ0) is 9.35. The van der Waals surface area contributed by atoms with Crippen molar-refractivity contribution in [3.8, 4) is 0 Å². The number of carboxylic acid groups (broad SMARTS) is 1. The van der Waals surface area contributed by atoms with Crippen molar-refractivity contribution in [2.45, 2.75) is 24.5 Å². The molecular formula is C7H14N2O3. The van der Waals surface area contributed by atoms with Gasteiger partial charge in [0.1, 0.15) is 0 Å². The molecule has 0 aliphatic heterocycles. The van der Waals surface area contributed by atoms with Crippen molar-refractivity contribution >= 4 is 6.09 Å². The molecule has 1 fully saturated rings. The molecule has 1 aliphatic rings. The minimum absolute atomic E-state index is 0.0252. The number of nitrogens with two attached hydrogens (primary N) is 1. The maximum absolute atomic E-state index is 10.4. The van der Waals surface area contributed by atoms with Crippen molar-refractivity contribution in [2.75, 3.05) is 13.6 Å². The Kier molecular flexibility index (Phi) is 2.25. The second kappa shape index (κ2) is 2.91. The highest BCUT2D eigenvalue weighted by Crippen LogP contribution is 2.31. The summed E-state index contributed by atoms with van der Waals surface area (Å²) in [4.78, 5) is 11.5. The average molecular weight is 174 g/mol. The van der Waals surface area contributed by atoms with Gasteiger partial charge in [0.05, 0.1) is 12.1 Å². The van der Waals surface area contributed by atoms with E-state index >= 15 is 0 Å². The Bertz CT molecular complexity index is 189. The molecule has 12 heavy (non-hydrogen) atoms. The highest BCUT2D eigenvalue weighted by atomic mass is 16.4. The second-order valence-corrected chi connectivity index (χ2v) is 3.53. The molecule has 0 spiro atoms. The molecule has 0 aromatic carbocycles. The highest BCUT2D eigenvalue weighted by molar-refractivity contribution is 5.64. The van der Waals surface area contributed by atoms with Gasteiger partial charge in [0.25, 0.3) is 0 Å². The van der Waals surface area contributed by atoms with Crippen LogP contribution < -0.4 is 5.73 Å². The zero-order valence-corrected chi connectivity index (χ0v) is 7.03. The summed E-state index contributed by atoms with van der Waals surface area (Å²) in [6, 6.07) is 0.0252. The Morgan fingerprint density at radius 2 is 2.25 bits per heavy atom. The predicted molar refractivity (Wildman–Crippen MR) is 42.8 cm³/mol. The fourth-order valence-electron chi connectivity index (χ4n) is 1.55. The van der Waals surface area contributed by atoms with Gasteiger partial charge >= 0.3 is 6.09 Å². The van der Waals surface area contributed by atoms with E-state index in [2.05, 4.69) is 0 Å².